The Morgan fingerprint density at radius 2 is 1.90 bits per heavy atom. The average Bonchev–Trinajstić information content (AvgIpc) is 2.39. The van der Waals surface area contributed by atoms with Crippen molar-refractivity contribution in [3.05, 3.63) is 35.4 Å². The number of hydrogen-bond donors (Lipinski definition) is 1. The Hall–Kier alpha value is -0.780. The third kappa shape index (κ3) is 4.65. The molecule has 1 fully saturated rings. The molecule has 0 saturated carbocycles. The van der Waals surface area contributed by atoms with Crippen LogP contribution < -0.4 is 5.32 Å². The smallest absolute Gasteiger partial charge is 0.317 e. The number of nitrogens with one attached hydrogen (secondary N) is 1. The lowest BCUT2D eigenvalue weighted by Crippen LogP contribution is -2.40. The fourth-order valence-corrected chi connectivity index (χ4v) is 2.51. The maximum atomic E-state index is 12.6. The molecule has 20 heavy (non-hydrogen) atoms. The van der Waals surface area contributed by atoms with Crippen LogP contribution in [0.15, 0.2) is 24.3 Å². The van der Waals surface area contributed by atoms with Crippen molar-refractivity contribution in [2.45, 2.75) is 31.6 Å². The van der Waals surface area contributed by atoms with E-state index < -0.39 is 11.7 Å². The predicted octanol–water partition coefficient (Wildman–Crippen LogP) is 3.31. The van der Waals surface area contributed by atoms with Crippen LogP contribution in [0.4, 0.5) is 13.2 Å². The maximum Gasteiger partial charge on any atom is 0.416 e. The second-order valence-corrected chi connectivity index (χ2v) is 5.09. The Kier molecular flexibility index (Phi) is 6.30. The van der Waals surface area contributed by atoms with Crippen molar-refractivity contribution in [2.75, 3.05) is 20.1 Å². The molecule has 0 bridgehead atoms. The zero-order valence-corrected chi connectivity index (χ0v) is 12.2. The molecule has 1 aliphatic heterocycles. The van der Waals surface area contributed by atoms with Gasteiger partial charge in [-0.05, 0) is 44.6 Å². The lowest BCUT2D eigenvalue weighted by molar-refractivity contribution is -0.137. The molecular formula is C14H20ClF3N2. The van der Waals surface area contributed by atoms with Gasteiger partial charge in [0.15, 0.2) is 0 Å². The summed E-state index contributed by atoms with van der Waals surface area (Å²) in [5.74, 6) is 0. The zero-order chi connectivity index (χ0) is 13.9. The van der Waals surface area contributed by atoms with Crippen molar-refractivity contribution >= 4 is 12.4 Å². The molecular weight excluding hydrogens is 289 g/mol. The van der Waals surface area contributed by atoms with Crippen LogP contribution >= 0.6 is 12.4 Å². The minimum absolute atomic E-state index is 0. The Morgan fingerprint density at radius 3 is 2.50 bits per heavy atom. The SMILES string of the molecule is CN(Cc1cccc(C(F)(F)F)c1)C1CCNCC1.Cl. The molecule has 2 nitrogen and oxygen atoms in total. The lowest BCUT2D eigenvalue weighted by Gasteiger charge is -2.31. The summed E-state index contributed by atoms with van der Waals surface area (Å²) < 4.78 is 37.9. The molecule has 0 spiro atoms. The van der Waals surface area contributed by atoms with Gasteiger partial charge in [0.2, 0.25) is 0 Å². The Morgan fingerprint density at radius 1 is 1.25 bits per heavy atom. The van der Waals surface area contributed by atoms with Crippen LogP contribution in [0.2, 0.25) is 0 Å². The highest BCUT2D eigenvalue weighted by Gasteiger charge is 2.30. The van der Waals surface area contributed by atoms with Crippen molar-refractivity contribution in [1.82, 2.24) is 10.2 Å². The first-order chi connectivity index (χ1) is 8.97. The highest BCUT2D eigenvalue weighted by molar-refractivity contribution is 5.85. The number of alkyl halides is 3. The molecule has 114 valence electrons. The highest BCUT2D eigenvalue weighted by atomic mass is 35.5. The van der Waals surface area contributed by atoms with Gasteiger partial charge in [0, 0.05) is 12.6 Å². The largest absolute Gasteiger partial charge is 0.416 e. The number of hydrogen-bond acceptors (Lipinski definition) is 2. The first-order valence-corrected chi connectivity index (χ1v) is 6.54. The molecule has 1 aliphatic rings. The molecule has 0 radical (unpaired) electrons. The summed E-state index contributed by atoms with van der Waals surface area (Å²) in [6.45, 7) is 2.53. The van der Waals surface area contributed by atoms with E-state index in [1.54, 1.807) is 6.07 Å². The summed E-state index contributed by atoms with van der Waals surface area (Å²) in [7, 11) is 1.98. The van der Waals surface area contributed by atoms with E-state index >= 15 is 0 Å². The molecule has 1 N–H and O–H groups in total. The molecule has 1 aromatic carbocycles. The van der Waals surface area contributed by atoms with E-state index in [-0.39, 0.29) is 12.4 Å². The van der Waals surface area contributed by atoms with E-state index in [1.807, 2.05) is 7.05 Å². The predicted molar refractivity (Wildman–Crippen MR) is 76.1 cm³/mol. The molecule has 0 amide bonds. The summed E-state index contributed by atoms with van der Waals surface area (Å²) in [4.78, 5) is 2.15. The second kappa shape index (κ2) is 7.29. The van der Waals surface area contributed by atoms with Gasteiger partial charge < -0.3 is 5.32 Å². The second-order valence-electron chi connectivity index (χ2n) is 5.09. The van der Waals surface area contributed by atoms with Gasteiger partial charge in [-0.3, -0.25) is 4.90 Å². The molecule has 0 unspecified atom stereocenters. The Labute approximate surface area is 123 Å². The van der Waals surface area contributed by atoms with E-state index in [0.29, 0.717) is 12.6 Å². The maximum absolute atomic E-state index is 12.6. The van der Waals surface area contributed by atoms with E-state index in [1.165, 1.54) is 12.1 Å². The normalized spacial score (nSPS) is 17.1. The zero-order valence-electron chi connectivity index (χ0n) is 11.4. The summed E-state index contributed by atoms with van der Waals surface area (Å²) in [6, 6.07) is 6.06. The topological polar surface area (TPSA) is 15.3 Å². The molecule has 1 aromatic rings. The number of rotatable bonds is 3. The van der Waals surface area contributed by atoms with Gasteiger partial charge in [0.1, 0.15) is 0 Å². The minimum atomic E-state index is -4.26. The molecule has 6 heteroatoms. The molecule has 0 aliphatic carbocycles. The van der Waals surface area contributed by atoms with Gasteiger partial charge in [-0.15, -0.1) is 12.4 Å². The van der Waals surface area contributed by atoms with Crippen LogP contribution in [0.1, 0.15) is 24.0 Å². The fourth-order valence-electron chi connectivity index (χ4n) is 2.51. The summed E-state index contributed by atoms with van der Waals surface area (Å²) in [5, 5.41) is 3.29. The number of benzene rings is 1. The number of piperidine rings is 1. The number of halogens is 4. The Balaban J connectivity index is 0.00000200. The fraction of sp³-hybridized carbons (Fsp3) is 0.571. The van der Waals surface area contributed by atoms with E-state index in [9.17, 15) is 13.2 Å². The van der Waals surface area contributed by atoms with Gasteiger partial charge >= 0.3 is 6.18 Å². The minimum Gasteiger partial charge on any atom is -0.317 e. The van der Waals surface area contributed by atoms with Crippen molar-refractivity contribution in [1.29, 1.82) is 0 Å². The van der Waals surface area contributed by atoms with Gasteiger partial charge in [0.25, 0.3) is 0 Å². The monoisotopic (exact) mass is 308 g/mol. The van der Waals surface area contributed by atoms with Crippen LogP contribution in [0.25, 0.3) is 0 Å². The van der Waals surface area contributed by atoms with Crippen LogP contribution in [0.3, 0.4) is 0 Å². The standard InChI is InChI=1S/C14H19F3N2.ClH/c1-19(13-5-7-18-8-6-13)10-11-3-2-4-12(9-11)14(15,16)17;/h2-4,9,13,18H,5-8,10H2,1H3;1H. The van der Waals surface area contributed by atoms with Crippen LogP contribution in [-0.4, -0.2) is 31.1 Å². The first-order valence-electron chi connectivity index (χ1n) is 6.54. The summed E-state index contributed by atoms with van der Waals surface area (Å²) in [5.41, 5.74) is 0.152. The van der Waals surface area contributed by atoms with Gasteiger partial charge in [-0.25, -0.2) is 0 Å². The molecule has 1 saturated heterocycles. The van der Waals surface area contributed by atoms with E-state index in [2.05, 4.69) is 10.2 Å². The lowest BCUT2D eigenvalue weighted by atomic mass is 10.0. The van der Waals surface area contributed by atoms with Crippen LogP contribution in [-0.2, 0) is 12.7 Å². The quantitative estimate of drug-likeness (QED) is 0.921. The molecule has 0 atom stereocenters. The van der Waals surface area contributed by atoms with Crippen molar-refractivity contribution < 1.29 is 13.2 Å². The molecule has 0 aromatic heterocycles. The summed E-state index contributed by atoms with van der Waals surface area (Å²) in [6.07, 6.45) is -2.16. The van der Waals surface area contributed by atoms with E-state index in [4.69, 9.17) is 0 Å². The first kappa shape index (κ1) is 17.3. The van der Waals surface area contributed by atoms with Gasteiger partial charge in [-0.1, -0.05) is 18.2 Å². The Bertz CT molecular complexity index is 417. The number of nitrogens with zero attached hydrogens (tertiary/aromatic N) is 1. The molecule has 1 heterocycles. The van der Waals surface area contributed by atoms with Gasteiger partial charge in [0.05, 0.1) is 5.56 Å². The van der Waals surface area contributed by atoms with E-state index in [0.717, 1.165) is 37.6 Å². The summed E-state index contributed by atoms with van der Waals surface area (Å²) >= 11 is 0. The van der Waals surface area contributed by atoms with Crippen molar-refractivity contribution in [3.8, 4) is 0 Å². The molecule has 2 rings (SSSR count). The van der Waals surface area contributed by atoms with Crippen molar-refractivity contribution in [3.63, 3.8) is 0 Å². The van der Waals surface area contributed by atoms with Crippen molar-refractivity contribution in [2.24, 2.45) is 0 Å². The van der Waals surface area contributed by atoms with Crippen LogP contribution in [0, 0.1) is 0 Å². The third-order valence-electron chi connectivity index (χ3n) is 3.62. The average molecular weight is 309 g/mol. The van der Waals surface area contributed by atoms with Crippen LogP contribution in [0.5, 0.6) is 0 Å². The van der Waals surface area contributed by atoms with Gasteiger partial charge in [-0.2, -0.15) is 13.2 Å². The third-order valence-corrected chi connectivity index (χ3v) is 3.62. The highest BCUT2D eigenvalue weighted by Crippen LogP contribution is 2.29.